The molecule has 2 aromatic heterocycles. The highest BCUT2D eigenvalue weighted by molar-refractivity contribution is 5.93. The first-order chi connectivity index (χ1) is 9.63. The zero-order valence-corrected chi connectivity index (χ0v) is 11.7. The summed E-state index contributed by atoms with van der Waals surface area (Å²) in [6.45, 7) is 2.23. The molecule has 0 saturated carbocycles. The van der Waals surface area contributed by atoms with E-state index < -0.39 is 5.97 Å². The molecule has 2 aromatic rings. The molecule has 2 rings (SSSR count). The molecule has 0 radical (unpaired) electrons. The molecule has 0 spiro atoms. The number of ether oxygens (including phenoxy) is 1. The Bertz CT molecular complexity index is 593. The average molecular weight is 274 g/mol. The molecule has 0 aliphatic rings. The molecule has 20 heavy (non-hydrogen) atoms. The van der Waals surface area contributed by atoms with E-state index in [-0.39, 0.29) is 6.61 Å². The van der Waals surface area contributed by atoms with Crippen molar-refractivity contribution >= 4 is 11.7 Å². The highest BCUT2D eigenvalue weighted by Crippen LogP contribution is 2.17. The SMILES string of the molecule is CCc1nn(C)c(C(=O)OCCc2cccnc2)c1N. The van der Waals surface area contributed by atoms with Crippen LogP contribution < -0.4 is 5.73 Å². The molecule has 0 saturated heterocycles. The number of hydrogen-bond donors (Lipinski definition) is 1. The first-order valence-electron chi connectivity index (χ1n) is 6.50. The lowest BCUT2D eigenvalue weighted by molar-refractivity contribution is 0.0498. The van der Waals surface area contributed by atoms with E-state index in [1.165, 1.54) is 4.68 Å². The van der Waals surface area contributed by atoms with E-state index in [4.69, 9.17) is 10.5 Å². The number of carbonyl (C=O) groups excluding carboxylic acids is 1. The van der Waals surface area contributed by atoms with Crippen LogP contribution in [0.2, 0.25) is 0 Å². The van der Waals surface area contributed by atoms with Gasteiger partial charge >= 0.3 is 5.97 Å². The summed E-state index contributed by atoms with van der Waals surface area (Å²) >= 11 is 0. The number of nitrogens with zero attached hydrogens (tertiary/aromatic N) is 3. The van der Waals surface area contributed by atoms with Crippen molar-refractivity contribution < 1.29 is 9.53 Å². The van der Waals surface area contributed by atoms with Crippen LogP contribution >= 0.6 is 0 Å². The minimum Gasteiger partial charge on any atom is -0.461 e. The number of nitrogens with two attached hydrogens (primary N) is 1. The number of nitrogen functional groups attached to an aromatic ring is 1. The van der Waals surface area contributed by atoms with Gasteiger partial charge in [-0.1, -0.05) is 13.0 Å². The molecular formula is C14H18N4O2. The van der Waals surface area contributed by atoms with Crippen LogP contribution in [0, 0.1) is 0 Å². The monoisotopic (exact) mass is 274 g/mol. The normalized spacial score (nSPS) is 10.5. The quantitative estimate of drug-likeness (QED) is 0.832. The summed E-state index contributed by atoms with van der Waals surface area (Å²) in [7, 11) is 1.69. The number of pyridine rings is 1. The topological polar surface area (TPSA) is 83.0 Å². The van der Waals surface area contributed by atoms with Crippen LogP contribution in [0.25, 0.3) is 0 Å². The molecule has 0 aromatic carbocycles. The Hall–Kier alpha value is -2.37. The van der Waals surface area contributed by atoms with Gasteiger partial charge in [0.2, 0.25) is 0 Å². The molecule has 2 heterocycles. The molecule has 0 amide bonds. The summed E-state index contributed by atoms with van der Waals surface area (Å²) in [4.78, 5) is 16.0. The maximum atomic E-state index is 12.0. The van der Waals surface area contributed by atoms with Gasteiger partial charge in [0.25, 0.3) is 0 Å². The minimum absolute atomic E-state index is 0.288. The van der Waals surface area contributed by atoms with Crippen molar-refractivity contribution in [3.05, 3.63) is 41.5 Å². The first-order valence-corrected chi connectivity index (χ1v) is 6.50. The molecule has 0 atom stereocenters. The Morgan fingerprint density at radius 1 is 1.50 bits per heavy atom. The second-order valence-electron chi connectivity index (χ2n) is 4.43. The van der Waals surface area contributed by atoms with Crippen molar-refractivity contribution in [1.82, 2.24) is 14.8 Å². The predicted octanol–water partition coefficient (Wildman–Crippen LogP) is 1.36. The Balaban J connectivity index is 1.97. The predicted molar refractivity (Wildman–Crippen MR) is 75.2 cm³/mol. The molecule has 2 N–H and O–H groups in total. The summed E-state index contributed by atoms with van der Waals surface area (Å²) < 4.78 is 6.72. The van der Waals surface area contributed by atoms with Crippen LogP contribution in [0.3, 0.4) is 0 Å². The summed E-state index contributed by atoms with van der Waals surface area (Å²) in [5.74, 6) is -0.443. The number of aryl methyl sites for hydroxylation is 2. The highest BCUT2D eigenvalue weighted by Gasteiger charge is 2.20. The first kappa shape index (κ1) is 14.0. The number of rotatable bonds is 5. The van der Waals surface area contributed by atoms with Gasteiger partial charge in [-0.3, -0.25) is 9.67 Å². The van der Waals surface area contributed by atoms with Gasteiger partial charge in [0.15, 0.2) is 5.69 Å². The molecular weight excluding hydrogens is 256 g/mol. The summed E-state index contributed by atoms with van der Waals surface area (Å²) in [6.07, 6.45) is 4.76. The van der Waals surface area contributed by atoms with Gasteiger partial charge in [-0.25, -0.2) is 4.79 Å². The second-order valence-corrected chi connectivity index (χ2v) is 4.43. The van der Waals surface area contributed by atoms with Crippen LogP contribution in [0.4, 0.5) is 5.69 Å². The lowest BCUT2D eigenvalue weighted by atomic mass is 10.2. The number of carbonyl (C=O) groups is 1. The fourth-order valence-electron chi connectivity index (χ4n) is 1.98. The molecule has 106 valence electrons. The van der Waals surface area contributed by atoms with Gasteiger partial charge < -0.3 is 10.5 Å². The highest BCUT2D eigenvalue weighted by atomic mass is 16.5. The standard InChI is InChI=1S/C14H18N4O2/c1-3-11-12(15)13(18(2)17-11)14(19)20-8-6-10-5-4-7-16-9-10/h4-5,7,9H,3,6,8,15H2,1-2H3. The van der Waals surface area contributed by atoms with E-state index in [0.717, 1.165) is 5.56 Å². The number of anilines is 1. The fraction of sp³-hybridized carbons (Fsp3) is 0.357. The Morgan fingerprint density at radius 3 is 2.90 bits per heavy atom. The molecule has 6 nitrogen and oxygen atoms in total. The van der Waals surface area contributed by atoms with E-state index in [9.17, 15) is 4.79 Å². The molecule has 0 fully saturated rings. The maximum Gasteiger partial charge on any atom is 0.358 e. The van der Waals surface area contributed by atoms with Crippen molar-refractivity contribution in [1.29, 1.82) is 0 Å². The third kappa shape index (κ3) is 2.96. The van der Waals surface area contributed by atoms with Gasteiger partial charge in [-0.15, -0.1) is 0 Å². The van der Waals surface area contributed by atoms with Crippen molar-refractivity contribution in [2.75, 3.05) is 12.3 Å². The Kier molecular flexibility index (Phi) is 4.34. The zero-order chi connectivity index (χ0) is 14.5. The zero-order valence-electron chi connectivity index (χ0n) is 11.7. The summed E-state index contributed by atoms with van der Waals surface area (Å²) in [5, 5.41) is 4.20. The molecule has 0 aliphatic carbocycles. The lowest BCUT2D eigenvalue weighted by Crippen LogP contribution is -2.14. The van der Waals surface area contributed by atoms with Crippen molar-refractivity contribution in [2.45, 2.75) is 19.8 Å². The molecule has 6 heteroatoms. The number of hydrogen-bond acceptors (Lipinski definition) is 5. The largest absolute Gasteiger partial charge is 0.461 e. The van der Waals surface area contributed by atoms with Crippen LogP contribution in [0.1, 0.15) is 28.7 Å². The average Bonchev–Trinajstić information content (AvgIpc) is 2.74. The summed E-state index contributed by atoms with van der Waals surface area (Å²) in [5.41, 5.74) is 8.36. The van der Waals surface area contributed by atoms with E-state index in [1.54, 1.807) is 19.4 Å². The summed E-state index contributed by atoms with van der Waals surface area (Å²) in [6, 6.07) is 3.79. The Labute approximate surface area is 117 Å². The fourth-order valence-corrected chi connectivity index (χ4v) is 1.98. The van der Waals surface area contributed by atoms with Gasteiger partial charge in [-0.05, 0) is 18.1 Å². The smallest absolute Gasteiger partial charge is 0.358 e. The van der Waals surface area contributed by atoms with E-state index in [2.05, 4.69) is 10.1 Å². The number of esters is 1. The Morgan fingerprint density at radius 2 is 2.30 bits per heavy atom. The van der Waals surface area contributed by atoms with Gasteiger partial charge in [0.1, 0.15) is 0 Å². The van der Waals surface area contributed by atoms with Crippen LogP contribution in [-0.2, 0) is 24.6 Å². The third-order valence-electron chi connectivity index (χ3n) is 3.04. The van der Waals surface area contributed by atoms with Gasteiger partial charge in [0, 0.05) is 25.9 Å². The lowest BCUT2D eigenvalue weighted by Gasteiger charge is -2.05. The van der Waals surface area contributed by atoms with E-state index in [1.807, 2.05) is 19.1 Å². The van der Waals surface area contributed by atoms with Crippen molar-refractivity contribution in [3.63, 3.8) is 0 Å². The molecule has 0 unspecified atom stereocenters. The van der Waals surface area contributed by atoms with Crippen molar-refractivity contribution in [3.8, 4) is 0 Å². The van der Waals surface area contributed by atoms with Crippen LogP contribution in [0.5, 0.6) is 0 Å². The third-order valence-corrected chi connectivity index (χ3v) is 3.04. The van der Waals surface area contributed by atoms with E-state index >= 15 is 0 Å². The molecule has 0 aliphatic heterocycles. The van der Waals surface area contributed by atoms with Gasteiger partial charge in [0.05, 0.1) is 18.0 Å². The number of aromatic nitrogens is 3. The maximum absolute atomic E-state index is 12.0. The van der Waals surface area contributed by atoms with Crippen LogP contribution in [0.15, 0.2) is 24.5 Å². The molecule has 0 bridgehead atoms. The van der Waals surface area contributed by atoms with Crippen molar-refractivity contribution in [2.24, 2.45) is 7.05 Å². The minimum atomic E-state index is -0.443. The van der Waals surface area contributed by atoms with Crippen LogP contribution in [-0.4, -0.2) is 27.3 Å². The second kappa shape index (κ2) is 6.18. The van der Waals surface area contributed by atoms with E-state index in [0.29, 0.717) is 29.9 Å². The van der Waals surface area contributed by atoms with Gasteiger partial charge in [-0.2, -0.15) is 5.10 Å².